The Bertz CT molecular complexity index is 185. The Morgan fingerprint density at radius 2 is 1.69 bits per heavy atom. The molecule has 2 saturated carbocycles. The molecule has 0 amide bonds. The van der Waals surface area contributed by atoms with Crippen molar-refractivity contribution >= 4 is 0 Å². The Kier molecular flexibility index (Phi) is 5.11. The molecule has 0 radical (unpaired) electrons. The summed E-state index contributed by atoms with van der Waals surface area (Å²) >= 11 is 0. The van der Waals surface area contributed by atoms with Gasteiger partial charge in [-0.3, -0.25) is 0 Å². The summed E-state index contributed by atoms with van der Waals surface area (Å²) in [5.74, 6) is 0.923. The van der Waals surface area contributed by atoms with Crippen molar-refractivity contribution < 1.29 is 0 Å². The van der Waals surface area contributed by atoms with Crippen LogP contribution in [0.4, 0.5) is 0 Å². The second kappa shape index (κ2) is 6.61. The third-order valence-corrected chi connectivity index (χ3v) is 3.77. The molecule has 2 aliphatic carbocycles. The highest BCUT2D eigenvalue weighted by molar-refractivity contribution is 4.82. The van der Waals surface area contributed by atoms with Crippen LogP contribution in [0.25, 0.3) is 0 Å². The van der Waals surface area contributed by atoms with Crippen molar-refractivity contribution in [2.24, 2.45) is 5.92 Å². The molecule has 0 aromatic heterocycles. The van der Waals surface area contributed by atoms with E-state index in [9.17, 15) is 0 Å². The molecular weight excluding hydrogens is 196 g/mol. The van der Waals surface area contributed by atoms with Crippen LogP contribution in [0.15, 0.2) is 0 Å². The lowest BCUT2D eigenvalue weighted by Crippen LogP contribution is -2.26. The van der Waals surface area contributed by atoms with Gasteiger partial charge in [-0.1, -0.05) is 13.3 Å². The Morgan fingerprint density at radius 3 is 2.31 bits per heavy atom. The second-order valence-corrected chi connectivity index (χ2v) is 5.71. The van der Waals surface area contributed by atoms with E-state index in [1.165, 1.54) is 64.5 Å². The van der Waals surface area contributed by atoms with Crippen molar-refractivity contribution in [1.82, 2.24) is 10.6 Å². The minimum Gasteiger partial charge on any atom is -0.314 e. The number of nitrogens with one attached hydrogen (secondary N) is 2. The molecule has 2 aliphatic rings. The average Bonchev–Trinajstić information content (AvgIpc) is 3.15. The minimum atomic E-state index is 0.879. The van der Waals surface area contributed by atoms with Gasteiger partial charge in [-0.05, 0) is 64.0 Å². The van der Waals surface area contributed by atoms with Gasteiger partial charge in [0, 0.05) is 12.1 Å². The summed E-state index contributed by atoms with van der Waals surface area (Å²) in [7, 11) is 0. The molecule has 2 heteroatoms. The molecule has 0 aliphatic heterocycles. The van der Waals surface area contributed by atoms with Gasteiger partial charge < -0.3 is 10.6 Å². The summed E-state index contributed by atoms with van der Waals surface area (Å²) in [6, 6.07) is 1.76. The summed E-state index contributed by atoms with van der Waals surface area (Å²) < 4.78 is 0. The van der Waals surface area contributed by atoms with Crippen molar-refractivity contribution in [3.63, 3.8) is 0 Å². The van der Waals surface area contributed by atoms with Gasteiger partial charge in [0.1, 0.15) is 0 Å². The van der Waals surface area contributed by atoms with E-state index in [1.807, 2.05) is 0 Å². The SMILES string of the molecule is CCCC(CCCNC1CC1)CNC1CC1. The molecule has 0 aromatic rings. The zero-order valence-electron chi connectivity index (χ0n) is 10.8. The molecule has 16 heavy (non-hydrogen) atoms. The zero-order chi connectivity index (χ0) is 11.2. The first-order valence-electron chi connectivity index (χ1n) is 7.35. The molecule has 1 unspecified atom stereocenters. The van der Waals surface area contributed by atoms with Gasteiger partial charge in [0.2, 0.25) is 0 Å². The molecule has 0 spiro atoms. The highest BCUT2D eigenvalue weighted by atomic mass is 15.0. The molecule has 2 rings (SSSR count). The maximum absolute atomic E-state index is 3.68. The minimum absolute atomic E-state index is 0.879. The van der Waals surface area contributed by atoms with Gasteiger partial charge in [0.05, 0.1) is 0 Å². The first-order valence-corrected chi connectivity index (χ1v) is 7.35. The van der Waals surface area contributed by atoms with Gasteiger partial charge in [-0.15, -0.1) is 0 Å². The second-order valence-electron chi connectivity index (χ2n) is 5.71. The van der Waals surface area contributed by atoms with Gasteiger partial charge in [0.15, 0.2) is 0 Å². The first-order chi connectivity index (χ1) is 7.88. The maximum atomic E-state index is 3.68. The lowest BCUT2D eigenvalue weighted by atomic mass is 9.98. The van der Waals surface area contributed by atoms with E-state index < -0.39 is 0 Å². The predicted molar refractivity (Wildman–Crippen MR) is 69.7 cm³/mol. The predicted octanol–water partition coefficient (Wildman–Crippen LogP) is 2.69. The van der Waals surface area contributed by atoms with Crippen LogP contribution in [0.1, 0.15) is 58.3 Å². The van der Waals surface area contributed by atoms with E-state index in [-0.39, 0.29) is 0 Å². The number of hydrogen-bond donors (Lipinski definition) is 2. The maximum Gasteiger partial charge on any atom is 0.00683 e. The van der Waals surface area contributed by atoms with Crippen LogP contribution in [0, 0.1) is 5.92 Å². The zero-order valence-corrected chi connectivity index (χ0v) is 10.8. The van der Waals surface area contributed by atoms with Gasteiger partial charge in [0.25, 0.3) is 0 Å². The van der Waals surface area contributed by atoms with E-state index >= 15 is 0 Å². The summed E-state index contributed by atoms with van der Waals surface area (Å²) in [5.41, 5.74) is 0. The molecule has 94 valence electrons. The fraction of sp³-hybridized carbons (Fsp3) is 1.00. The first kappa shape index (κ1) is 12.4. The Balaban J connectivity index is 1.49. The molecule has 0 bridgehead atoms. The molecule has 0 aromatic carbocycles. The van der Waals surface area contributed by atoms with Crippen LogP contribution in [0.2, 0.25) is 0 Å². The normalized spacial score (nSPS) is 22.3. The average molecular weight is 224 g/mol. The smallest absolute Gasteiger partial charge is 0.00683 e. The third-order valence-electron chi connectivity index (χ3n) is 3.77. The highest BCUT2D eigenvalue weighted by Gasteiger charge is 2.22. The molecule has 2 nitrogen and oxygen atoms in total. The largest absolute Gasteiger partial charge is 0.314 e. The third kappa shape index (κ3) is 5.31. The summed E-state index contributed by atoms with van der Waals surface area (Å²) in [6.45, 7) is 4.82. The van der Waals surface area contributed by atoms with Crippen LogP contribution >= 0.6 is 0 Å². The lowest BCUT2D eigenvalue weighted by molar-refractivity contribution is 0.397. The molecule has 2 fully saturated rings. The lowest BCUT2D eigenvalue weighted by Gasteiger charge is -2.16. The quantitative estimate of drug-likeness (QED) is 0.558. The molecule has 0 heterocycles. The van der Waals surface area contributed by atoms with Crippen LogP contribution in [-0.2, 0) is 0 Å². The number of rotatable bonds is 10. The van der Waals surface area contributed by atoms with E-state index in [2.05, 4.69) is 17.6 Å². The van der Waals surface area contributed by atoms with E-state index in [0.717, 1.165) is 18.0 Å². The van der Waals surface area contributed by atoms with Crippen molar-refractivity contribution in [2.45, 2.75) is 70.4 Å². The van der Waals surface area contributed by atoms with Gasteiger partial charge in [-0.25, -0.2) is 0 Å². The monoisotopic (exact) mass is 224 g/mol. The van der Waals surface area contributed by atoms with Crippen molar-refractivity contribution in [1.29, 1.82) is 0 Å². The van der Waals surface area contributed by atoms with Crippen LogP contribution in [-0.4, -0.2) is 25.2 Å². The van der Waals surface area contributed by atoms with Crippen LogP contribution in [0.3, 0.4) is 0 Å². The van der Waals surface area contributed by atoms with Crippen molar-refractivity contribution in [2.75, 3.05) is 13.1 Å². The fourth-order valence-corrected chi connectivity index (χ4v) is 2.36. The Hall–Kier alpha value is -0.0800. The van der Waals surface area contributed by atoms with Crippen LogP contribution < -0.4 is 10.6 Å². The van der Waals surface area contributed by atoms with Gasteiger partial charge in [-0.2, -0.15) is 0 Å². The standard InChI is InChI=1S/C14H28N2/c1-2-4-12(11-16-14-8-9-14)5-3-10-15-13-6-7-13/h12-16H,2-11H2,1H3. The fourth-order valence-electron chi connectivity index (χ4n) is 2.36. The Labute approximate surface area is 101 Å². The summed E-state index contributed by atoms with van der Waals surface area (Å²) in [5, 5.41) is 7.29. The highest BCUT2D eigenvalue weighted by Crippen LogP contribution is 2.21. The number of hydrogen-bond acceptors (Lipinski definition) is 2. The van der Waals surface area contributed by atoms with E-state index in [4.69, 9.17) is 0 Å². The molecular formula is C14H28N2. The Morgan fingerprint density at radius 1 is 1.00 bits per heavy atom. The van der Waals surface area contributed by atoms with E-state index in [0.29, 0.717) is 0 Å². The van der Waals surface area contributed by atoms with Crippen molar-refractivity contribution in [3.05, 3.63) is 0 Å². The van der Waals surface area contributed by atoms with Crippen molar-refractivity contribution in [3.8, 4) is 0 Å². The molecule has 0 saturated heterocycles. The molecule has 2 N–H and O–H groups in total. The van der Waals surface area contributed by atoms with Gasteiger partial charge >= 0.3 is 0 Å². The summed E-state index contributed by atoms with van der Waals surface area (Å²) in [4.78, 5) is 0. The van der Waals surface area contributed by atoms with E-state index in [1.54, 1.807) is 0 Å². The molecule has 1 atom stereocenters. The summed E-state index contributed by atoms with van der Waals surface area (Å²) in [6.07, 6.45) is 11.2. The van der Waals surface area contributed by atoms with Crippen LogP contribution in [0.5, 0.6) is 0 Å². The topological polar surface area (TPSA) is 24.1 Å².